The van der Waals surface area contributed by atoms with Crippen molar-refractivity contribution in [1.82, 2.24) is 35.0 Å². The highest BCUT2D eigenvalue weighted by Gasteiger charge is 2.37. The van der Waals surface area contributed by atoms with Crippen molar-refractivity contribution in [3.63, 3.8) is 0 Å². The fraction of sp³-hybridized carbons (Fsp3) is 0.172. The van der Waals surface area contributed by atoms with Crippen LogP contribution in [-0.2, 0) is 6.54 Å². The second kappa shape index (κ2) is 9.02. The van der Waals surface area contributed by atoms with Crippen LogP contribution in [0.1, 0.15) is 12.0 Å². The van der Waals surface area contributed by atoms with Gasteiger partial charge in [-0.15, -0.1) is 0 Å². The van der Waals surface area contributed by atoms with Crippen LogP contribution in [0.3, 0.4) is 0 Å². The van der Waals surface area contributed by atoms with Crippen molar-refractivity contribution in [1.29, 1.82) is 0 Å². The summed E-state index contributed by atoms with van der Waals surface area (Å²) < 4.78 is 41.2. The number of likely N-dealkylation sites (tertiary alicyclic amines) is 1. The zero-order valence-electron chi connectivity index (χ0n) is 20.6. The van der Waals surface area contributed by atoms with Crippen LogP contribution in [0.2, 0.25) is 0 Å². The minimum absolute atomic E-state index is 0.116. The van der Waals surface area contributed by atoms with E-state index in [4.69, 9.17) is 0 Å². The van der Waals surface area contributed by atoms with Gasteiger partial charge < -0.3 is 4.98 Å². The van der Waals surface area contributed by atoms with Crippen LogP contribution in [0.4, 0.5) is 13.2 Å². The molecule has 1 saturated heterocycles. The van der Waals surface area contributed by atoms with Crippen molar-refractivity contribution in [3.8, 4) is 33.9 Å². The first-order chi connectivity index (χ1) is 18.9. The number of hydrogen-bond acceptors (Lipinski definition) is 5. The van der Waals surface area contributed by atoms with Crippen molar-refractivity contribution in [2.45, 2.75) is 18.9 Å². The van der Waals surface area contributed by atoms with E-state index in [-0.39, 0.29) is 18.8 Å². The molecular weight excluding hydrogens is 503 g/mol. The third kappa shape index (κ3) is 4.42. The number of nitrogens with zero attached hydrogens (tertiary/aromatic N) is 5. The molecule has 1 aromatic carbocycles. The van der Waals surface area contributed by atoms with Crippen molar-refractivity contribution in [2.24, 2.45) is 0 Å². The van der Waals surface area contributed by atoms with Gasteiger partial charge in [0.15, 0.2) is 0 Å². The molecule has 7 nitrogen and oxygen atoms in total. The van der Waals surface area contributed by atoms with Gasteiger partial charge in [0.05, 0.1) is 35.3 Å². The lowest BCUT2D eigenvalue weighted by molar-refractivity contribution is 0.0115. The zero-order valence-corrected chi connectivity index (χ0v) is 20.6. The number of pyridine rings is 3. The number of aromatic amines is 2. The van der Waals surface area contributed by atoms with Crippen LogP contribution >= 0.6 is 0 Å². The first-order valence-electron chi connectivity index (χ1n) is 12.5. The maximum Gasteiger partial charge on any atom is 0.261 e. The van der Waals surface area contributed by atoms with Gasteiger partial charge in [-0.1, -0.05) is 12.1 Å². The molecule has 0 saturated carbocycles. The van der Waals surface area contributed by atoms with Crippen molar-refractivity contribution in [2.75, 3.05) is 13.1 Å². The van der Waals surface area contributed by atoms with Crippen LogP contribution < -0.4 is 0 Å². The Morgan fingerprint density at radius 1 is 0.897 bits per heavy atom. The number of alkyl halides is 2. The normalized spacial score (nSPS) is 15.5. The second-order valence-corrected chi connectivity index (χ2v) is 9.90. The summed E-state index contributed by atoms with van der Waals surface area (Å²) in [5.41, 5.74) is 6.82. The molecule has 6 aromatic rings. The Morgan fingerprint density at radius 2 is 1.79 bits per heavy atom. The highest BCUT2D eigenvalue weighted by atomic mass is 19.3. The zero-order chi connectivity index (χ0) is 26.6. The molecule has 1 fully saturated rings. The van der Waals surface area contributed by atoms with Crippen molar-refractivity contribution >= 4 is 21.8 Å². The molecule has 7 rings (SSSR count). The Morgan fingerprint density at radius 3 is 2.64 bits per heavy atom. The number of hydrogen-bond donors (Lipinski definition) is 2. The molecule has 0 spiro atoms. The Balaban J connectivity index is 1.25. The van der Waals surface area contributed by atoms with Crippen molar-refractivity contribution in [3.05, 3.63) is 84.7 Å². The average molecular weight is 526 g/mol. The van der Waals surface area contributed by atoms with E-state index in [2.05, 4.69) is 30.1 Å². The Bertz CT molecular complexity index is 1840. The summed E-state index contributed by atoms with van der Waals surface area (Å²) in [6, 6.07) is 14.1. The molecule has 194 valence electrons. The number of H-pyrrole nitrogens is 2. The number of rotatable bonds is 5. The highest BCUT2D eigenvalue weighted by Crippen LogP contribution is 2.34. The fourth-order valence-corrected chi connectivity index (χ4v) is 5.24. The summed E-state index contributed by atoms with van der Waals surface area (Å²) in [5, 5.41) is 9.29. The Labute approximate surface area is 220 Å². The summed E-state index contributed by atoms with van der Waals surface area (Å²) in [6.07, 6.45) is 6.72. The van der Waals surface area contributed by atoms with Crippen molar-refractivity contribution < 1.29 is 13.2 Å². The summed E-state index contributed by atoms with van der Waals surface area (Å²) in [7, 11) is 0. The average Bonchev–Trinajstić information content (AvgIpc) is 3.64. The van der Waals surface area contributed by atoms with Crippen LogP contribution in [0.5, 0.6) is 0 Å². The molecule has 39 heavy (non-hydrogen) atoms. The standard InChI is InChI=1S/C29H22F3N7/c30-20-3-1-2-18(9-20)27-21-11-25(36-23(21)4-6-34-27)28-22-10-24(35-14-26(22)37-38-28)19-8-17(12-33-13-19)15-39-7-5-29(31,32)16-39/h1-4,6,8-14,36H,5,7,15-16H2,(H,37,38). The molecule has 0 unspecified atom stereocenters. The SMILES string of the molecule is Fc1cccc(-c2nccc3[nH]c(-c4n[nH]c5cnc(-c6cncc(CN7CCC(F)(F)C7)c6)cc45)cc23)c1. The molecule has 1 aliphatic heterocycles. The minimum atomic E-state index is -2.63. The largest absolute Gasteiger partial charge is 0.353 e. The quantitative estimate of drug-likeness (QED) is 0.280. The van der Waals surface area contributed by atoms with E-state index in [0.717, 1.165) is 38.6 Å². The van der Waals surface area contributed by atoms with E-state index in [1.165, 1.54) is 12.1 Å². The van der Waals surface area contributed by atoms with Crippen LogP contribution in [0.15, 0.2) is 73.3 Å². The fourth-order valence-electron chi connectivity index (χ4n) is 5.24. The van der Waals surface area contributed by atoms with Crippen LogP contribution in [0, 0.1) is 5.82 Å². The maximum atomic E-state index is 13.9. The highest BCUT2D eigenvalue weighted by molar-refractivity contribution is 6.00. The summed E-state index contributed by atoms with van der Waals surface area (Å²) in [6.45, 7) is 0.536. The topological polar surface area (TPSA) is 86.4 Å². The second-order valence-electron chi connectivity index (χ2n) is 9.90. The van der Waals surface area contributed by atoms with Gasteiger partial charge in [0.1, 0.15) is 11.5 Å². The van der Waals surface area contributed by atoms with Gasteiger partial charge in [0.2, 0.25) is 0 Å². The monoisotopic (exact) mass is 525 g/mol. The summed E-state index contributed by atoms with van der Waals surface area (Å²) in [5.74, 6) is -2.95. The van der Waals surface area contributed by atoms with E-state index < -0.39 is 5.92 Å². The van der Waals surface area contributed by atoms with E-state index in [0.29, 0.717) is 35.7 Å². The summed E-state index contributed by atoms with van der Waals surface area (Å²) >= 11 is 0. The third-order valence-corrected chi connectivity index (χ3v) is 7.09. The van der Waals surface area contributed by atoms with E-state index in [1.54, 1.807) is 35.8 Å². The number of nitrogens with one attached hydrogen (secondary N) is 2. The van der Waals surface area contributed by atoms with Gasteiger partial charge in [0, 0.05) is 65.5 Å². The predicted molar refractivity (Wildman–Crippen MR) is 142 cm³/mol. The Hall–Kier alpha value is -4.57. The van der Waals surface area contributed by atoms with Gasteiger partial charge >= 0.3 is 0 Å². The van der Waals surface area contributed by atoms with Crippen LogP contribution in [0.25, 0.3) is 55.7 Å². The maximum absolute atomic E-state index is 13.9. The molecular formula is C29H22F3N7. The summed E-state index contributed by atoms with van der Waals surface area (Å²) in [4.78, 5) is 18.6. The smallest absolute Gasteiger partial charge is 0.261 e. The molecule has 2 N–H and O–H groups in total. The van der Waals surface area contributed by atoms with Gasteiger partial charge in [-0.2, -0.15) is 5.10 Å². The van der Waals surface area contributed by atoms with E-state index in [1.807, 2.05) is 30.3 Å². The minimum Gasteiger partial charge on any atom is -0.353 e. The predicted octanol–water partition coefficient (Wildman–Crippen LogP) is 6.21. The molecule has 0 aliphatic carbocycles. The number of fused-ring (bicyclic) bond motifs is 2. The first kappa shape index (κ1) is 23.5. The molecule has 1 aliphatic rings. The lowest BCUT2D eigenvalue weighted by atomic mass is 10.1. The molecule has 0 atom stereocenters. The Kier molecular flexibility index (Phi) is 5.44. The molecule has 0 radical (unpaired) electrons. The first-order valence-corrected chi connectivity index (χ1v) is 12.5. The number of halogens is 3. The van der Waals surface area contributed by atoms with Gasteiger partial charge in [0.25, 0.3) is 5.92 Å². The van der Waals surface area contributed by atoms with E-state index >= 15 is 0 Å². The molecule has 6 heterocycles. The van der Waals surface area contributed by atoms with Gasteiger partial charge in [-0.25, -0.2) is 13.2 Å². The third-order valence-electron chi connectivity index (χ3n) is 7.09. The van der Waals surface area contributed by atoms with Crippen LogP contribution in [-0.4, -0.2) is 54.0 Å². The molecule has 0 bridgehead atoms. The molecule has 0 amide bonds. The molecule has 5 aromatic heterocycles. The number of aromatic nitrogens is 6. The number of benzene rings is 1. The van der Waals surface area contributed by atoms with E-state index in [9.17, 15) is 13.2 Å². The lowest BCUT2D eigenvalue weighted by Crippen LogP contribution is -2.24. The molecule has 10 heteroatoms. The van der Waals surface area contributed by atoms with Gasteiger partial charge in [-0.05, 0) is 42.0 Å². The lowest BCUT2D eigenvalue weighted by Gasteiger charge is -2.15. The van der Waals surface area contributed by atoms with Gasteiger partial charge in [-0.3, -0.25) is 25.0 Å².